The van der Waals surface area contributed by atoms with E-state index in [1.165, 1.54) is 23.9 Å². The molecule has 0 aromatic carbocycles. The van der Waals surface area contributed by atoms with E-state index >= 15 is 0 Å². The van der Waals surface area contributed by atoms with E-state index in [1.54, 1.807) is 12.1 Å². The number of carbonyl (C=O) groups is 1. The molecular weight excluding hydrogens is 222 g/mol. The second-order valence-electron chi connectivity index (χ2n) is 3.31. The van der Waals surface area contributed by atoms with E-state index in [9.17, 15) is 9.59 Å². The molecular formula is C11H13N3O3. The lowest BCUT2D eigenvalue weighted by Gasteiger charge is -2.06. The standard InChI is InChI=1S/C11H13N3O3/c1-17-6-4-13-10(15)8-14-5-2-3-9(7-12)11(14)16/h2-3,5H,4,6,8H2,1H3,(H,13,15). The minimum absolute atomic E-state index is 0.0252. The highest BCUT2D eigenvalue weighted by Gasteiger charge is 2.06. The lowest BCUT2D eigenvalue weighted by atomic mass is 10.3. The van der Waals surface area contributed by atoms with Gasteiger partial charge >= 0.3 is 0 Å². The van der Waals surface area contributed by atoms with Gasteiger partial charge in [-0.3, -0.25) is 9.59 Å². The molecule has 0 atom stereocenters. The van der Waals surface area contributed by atoms with Crippen LogP contribution < -0.4 is 10.9 Å². The fourth-order valence-electron chi connectivity index (χ4n) is 1.25. The summed E-state index contributed by atoms with van der Waals surface area (Å²) in [5.41, 5.74) is -0.436. The van der Waals surface area contributed by atoms with Crippen LogP contribution in [-0.4, -0.2) is 30.7 Å². The third kappa shape index (κ3) is 3.74. The molecule has 1 heterocycles. The largest absolute Gasteiger partial charge is 0.383 e. The molecule has 0 radical (unpaired) electrons. The molecule has 0 unspecified atom stereocenters. The number of nitrogens with zero attached hydrogens (tertiary/aromatic N) is 2. The summed E-state index contributed by atoms with van der Waals surface area (Å²) in [6.45, 7) is 0.707. The van der Waals surface area contributed by atoms with Crippen LogP contribution in [0.25, 0.3) is 0 Å². The van der Waals surface area contributed by atoms with Crippen LogP contribution in [0.3, 0.4) is 0 Å². The van der Waals surface area contributed by atoms with E-state index in [0.29, 0.717) is 13.2 Å². The van der Waals surface area contributed by atoms with Crippen molar-refractivity contribution in [3.05, 3.63) is 34.2 Å². The van der Waals surface area contributed by atoms with Crippen LogP contribution in [0.15, 0.2) is 23.1 Å². The molecule has 0 saturated carbocycles. The monoisotopic (exact) mass is 235 g/mol. The molecule has 1 amide bonds. The first-order chi connectivity index (χ1) is 8.19. The second-order valence-corrected chi connectivity index (χ2v) is 3.31. The summed E-state index contributed by atoms with van der Waals surface area (Å²) in [7, 11) is 1.53. The predicted octanol–water partition coefficient (Wildman–Crippen LogP) is -0.517. The highest BCUT2D eigenvalue weighted by atomic mass is 16.5. The van der Waals surface area contributed by atoms with Crippen molar-refractivity contribution in [2.45, 2.75) is 6.54 Å². The van der Waals surface area contributed by atoms with Crippen LogP contribution in [0.2, 0.25) is 0 Å². The third-order valence-corrected chi connectivity index (χ3v) is 2.08. The smallest absolute Gasteiger partial charge is 0.268 e. The maximum atomic E-state index is 11.6. The molecule has 0 aliphatic carbocycles. The molecule has 1 N–H and O–H groups in total. The Hall–Kier alpha value is -2.13. The Kier molecular flexibility index (Phi) is 4.91. The summed E-state index contributed by atoms with van der Waals surface area (Å²) < 4.78 is 5.97. The summed E-state index contributed by atoms with van der Waals surface area (Å²) >= 11 is 0. The average molecular weight is 235 g/mol. The number of ether oxygens (including phenoxy) is 1. The molecule has 0 fully saturated rings. The zero-order valence-corrected chi connectivity index (χ0v) is 9.47. The molecule has 0 spiro atoms. The quantitative estimate of drug-likeness (QED) is 0.696. The van der Waals surface area contributed by atoms with Crippen molar-refractivity contribution in [1.29, 1.82) is 5.26 Å². The third-order valence-electron chi connectivity index (χ3n) is 2.08. The van der Waals surface area contributed by atoms with Crippen molar-refractivity contribution < 1.29 is 9.53 Å². The normalized spacial score (nSPS) is 9.65. The molecule has 0 saturated heterocycles. The number of pyridine rings is 1. The zero-order valence-electron chi connectivity index (χ0n) is 9.47. The SMILES string of the molecule is COCCNC(=O)Cn1cccc(C#N)c1=O. The van der Waals surface area contributed by atoms with Gasteiger partial charge in [0.25, 0.3) is 5.56 Å². The molecule has 1 aromatic rings. The number of amides is 1. The lowest BCUT2D eigenvalue weighted by Crippen LogP contribution is -2.34. The Bertz CT molecular complexity index is 487. The van der Waals surface area contributed by atoms with Gasteiger partial charge in [0.05, 0.1) is 6.61 Å². The Morgan fingerprint density at radius 1 is 1.65 bits per heavy atom. The van der Waals surface area contributed by atoms with Crippen LogP contribution >= 0.6 is 0 Å². The number of rotatable bonds is 5. The Morgan fingerprint density at radius 2 is 2.41 bits per heavy atom. The van der Waals surface area contributed by atoms with E-state index < -0.39 is 5.56 Å². The van der Waals surface area contributed by atoms with Crippen molar-refractivity contribution in [3.63, 3.8) is 0 Å². The molecule has 17 heavy (non-hydrogen) atoms. The molecule has 90 valence electrons. The Labute approximate surface area is 98.4 Å². The molecule has 0 aliphatic rings. The highest BCUT2D eigenvalue weighted by Crippen LogP contribution is 1.89. The van der Waals surface area contributed by atoms with Crippen LogP contribution in [-0.2, 0) is 16.1 Å². The first-order valence-electron chi connectivity index (χ1n) is 5.04. The maximum absolute atomic E-state index is 11.6. The zero-order chi connectivity index (χ0) is 12.7. The second kappa shape index (κ2) is 6.45. The van der Waals surface area contributed by atoms with Crippen molar-refractivity contribution >= 4 is 5.91 Å². The molecule has 0 aliphatic heterocycles. The maximum Gasteiger partial charge on any atom is 0.268 e. The van der Waals surface area contributed by atoms with Crippen molar-refractivity contribution in [3.8, 4) is 6.07 Å². The van der Waals surface area contributed by atoms with Gasteiger partial charge < -0.3 is 14.6 Å². The van der Waals surface area contributed by atoms with Crippen LogP contribution in [0.4, 0.5) is 0 Å². The van der Waals surface area contributed by atoms with E-state index in [1.807, 2.05) is 0 Å². The first-order valence-corrected chi connectivity index (χ1v) is 5.04. The fourth-order valence-corrected chi connectivity index (χ4v) is 1.25. The molecule has 6 nitrogen and oxygen atoms in total. The molecule has 6 heteroatoms. The predicted molar refractivity (Wildman–Crippen MR) is 60.3 cm³/mol. The van der Waals surface area contributed by atoms with Gasteiger partial charge in [0.15, 0.2) is 0 Å². The average Bonchev–Trinajstić information content (AvgIpc) is 2.32. The molecule has 0 bridgehead atoms. The van der Waals surface area contributed by atoms with Crippen LogP contribution in [0.5, 0.6) is 0 Å². The van der Waals surface area contributed by atoms with Gasteiger partial charge in [-0.15, -0.1) is 0 Å². The van der Waals surface area contributed by atoms with Crippen LogP contribution in [0, 0.1) is 11.3 Å². The number of carbonyl (C=O) groups excluding carboxylic acids is 1. The molecule has 1 rings (SSSR count). The van der Waals surface area contributed by atoms with Gasteiger partial charge in [-0.1, -0.05) is 0 Å². The van der Waals surface area contributed by atoms with Crippen LogP contribution in [0.1, 0.15) is 5.56 Å². The number of nitriles is 1. The van der Waals surface area contributed by atoms with Crippen molar-refractivity contribution in [2.24, 2.45) is 0 Å². The first kappa shape index (κ1) is 12.9. The highest BCUT2D eigenvalue weighted by molar-refractivity contribution is 5.75. The number of nitrogens with one attached hydrogen (secondary N) is 1. The van der Waals surface area contributed by atoms with Crippen molar-refractivity contribution in [2.75, 3.05) is 20.3 Å². The lowest BCUT2D eigenvalue weighted by molar-refractivity contribution is -0.121. The summed E-state index contributed by atoms with van der Waals surface area (Å²) in [6, 6.07) is 4.75. The van der Waals surface area contributed by atoms with E-state index in [2.05, 4.69) is 5.32 Å². The van der Waals surface area contributed by atoms with Gasteiger partial charge in [-0.2, -0.15) is 5.26 Å². The number of hydrogen-bond donors (Lipinski definition) is 1. The van der Waals surface area contributed by atoms with Gasteiger partial charge in [0.1, 0.15) is 18.2 Å². The van der Waals surface area contributed by atoms with Gasteiger partial charge in [-0.25, -0.2) is 0 Å². The topological polar surface area (TPSA) is 84.1 Å². The van der Waals surface area contributed by atoms with Gasteiger partial charge in [0.2, 0.25) is 5.91 Å². The molecule has 1 aromatic heterocycles. The van der Waals surface area contributed by atoms with Gasteiger partial charge in [0, 0.05) is 19.9 Å². The summed E-state index contributed by atoms with van der Waals surface area (Å²) in [5, 5.41) is 11.3. The number of hydrogen-bond acceptors (Lipinski definition) is 4. The van der Waals surface area contributed by atoms with E-state index in [4.69, 9.17) is 10.00 Å². The fraction of sp³-hybridized carbons (Fsp3) is 0.364. The number of methoxy groups -OCH3 is 1. The minimum Gasteiger partial charge on any atom is -0.383 e. The Balaban J connectivity index is 2.66. The summed E-state index contributed by atoms with van der Waals surface area (Å²) in [6.07, 6.45) is 1.47. The minimum atomic E-state index is -0.461. The van der Waals surface area contributed by atoms with E-state index in [-0.39, 0.29) is 18.0 Å². The summed E-state index contributed by atoms with van der Waals surface area (Å²) in [4.78, 5) is 23.0. The van der Waals surface area contributed by atoms with Gasteiger partial charge in [-0.05, 0) is 12.1 Å². The number of aromatic nitrogens is 1. The summed E-state index contributed by atoms with van der Waals surface area (Å²) in [5.74, 6) is -0.292. The Morgan fingerprint density at radius 3 is 3.06 bits per heavy atom. The van der Waals surface area contributed by atoms with Crippen molar-refractivity contribution in [1.82, 2.24) is 9.88 Å². The van der Waals surface area contributed by atoms with E-state index in [0.717, 1.165) is 0 Å².